The first-order valence-corrected chi connectivity index (χ1v) is 7.36. The number of benzene rings is 1. The molecule has 2 nitrogen and oxygen atoms in total. The average Bonchev–Trinajstić information content (AvgIpc) is 2.92. The first-order chi connectivity index (χ1) is 9.13. The molecular weight excluding hydrogens is 288 g/mol. The average molecular weight is 304 g/mol. The minimum absolute atomic E-state index is 0.0320. The Morgan fingerprint density at radius 2 is 2.05 bits per heavy atom. The fourth-order valence-electron chi connectivity index (χ4n) is 2.57. The van der Waals surface area contributed by atoms with Crippen LogP contribution in [-0.2, 0) is 0 Å². The number of hydrogen-bond donors (Lipinski definition) is 0. The second-order valence-corrected chi connectivity index (χ2v) is 5.56. The molecule has 1 aromatic carbocycles. The lowest BCUT2D eigenvalue weighted by atomic mass is 10.1. The first kappa shape index (κ1) is 14.6. The molecule has 1 aliphatic carbocycles. The standard InChI is InChI=1S/C14H16Cl2FNO/c15-7-8-18(11-3-1-2-4-11)14(19)12-9-10(16)5-6-13(12)17/h5-6,9,11H,1-4,7-8H2. The Morgan fingerprint density at radius 1 is 1.37 bits per heavy atom. The van der Waals surface area contributed by atoms with Gasteiger partial charge in [0.1, 0.15) is 5.82 Å². The molecular formula is C14H16Cl2FNO. The van der Waals surface area contributed by atoms with Crippen LogP contribution < -0.4 is 0 Å². The van der Waals surface area contributed by atoms with Crippen LogP contribution in [0, 0.1) is 5.82 Å². The Kier molecular flexibility index (Phi) is 5.06. The van der Waals surface area contributed by atoms with Gasteiger partial charge < -0.3 is 4.90 Å². The number of amides is 1. The van der Waals surface area contributed by atoms with Gasteiger partial charge in [-0.2, -0.15) is 0 Å². The normalized spacial score (nSPS) is 15.7. The van der Waals surface area contributed by atoms with Gasteiger partial charge in [0.15, 0.2) is 0 Å². The highest BCUT2D eigenvalue weighted by Crippen LogP contribution is 2.26. The summed E-state index contributed by atoms with van der Waals surface area (Å²) < 4.78 is 13.8. The molecule has 2 rings (SSSR count). The van der Waals surface area contributed by atoms with E-state index < -0.39 is 5.82 Å². The van der Waals surface area contributed by atoms with Crippen molar-refractivity contribution >= 4 is 29.1 Å². The highest BCUT2D eigenvalue weighted by Gasteiger charge is 2.28. The first-order valence-electron chi connectivity index (χ1n) is 6.45. The van der Waals surface area contributed by atoms with Crippen LogP contribution in [0.5, 0.6) is 0 Å². The van der Waals surface area contributed by atoms with Gasteiger partial charge >= 0.3 is 0 Å². The molecule has 0 heterocycles. The largest absolute Gasteiger partial charge is 0.334 e. The zero-order valence-electron chi connectivity index (χ0n) is 10.5. The Morgan fingerprint density at radius 3 is 2.68 bits per heavy atom. The van der Waals surface area contributed by atoms with E-state index in [1.807, 2.05) is 0 Å². The lowest BCUT2D eigenvalue weighted by Gasteiger charge is -2.28. The summed E-state index contributed by atoms with van der Waals surface area (Å²) in [5, 5.41) is 0.363. The summed E-state index contributed by atoms with van der Waals surface area (Å²) in [4.78, 5) is 14.2. The Balaban J connectivity index is 2.25. The topological polar surface area (TPSA) is 20.3 Å². The molecule has 1 amide bonds. The molecule has 1 aliphatic rings. The maximum atomic E-state index is 13.8. The van der Waals surface area contributed by atoms with Crippen LogP contribution in [0.1, 0.15) is 36.0 Å². The molecule has 0 radical (unpaired) electrons. The molecule has 5 heteroatoms. The molecule has 0 aromatic heterocycles. The van der Waals surface area contributed by atoms with Gasteiger partial charge in [-0.05, 0) is 31.0 Å². The summed E-state index contributed by atoms with van der Waals surface area (Å²) in [6, 6.07) is 4.22. The van der Waals surface area contributed by atoms with Crippen molar-refractivity contribution in [2.75, 3.05) is 12.4 Å². The zero-order valence-corrected chi connectivity index (χ0v) is 12.1. The summed E-state index contributed by atoms with van der Waals surface area (Å²) in [5.41, 5.74) is 0.0320. The third-order valence-corrected chi connectivity index (χ3v) is 3.91. The number of nitrogens with zero attached hydrogens (tertiary/aromatic N) is 1. The number of carbonyl (C=O) groups excluding carboxylic acids is 1. The van der Waals surface area contributed by atoms with Gasteiger partial charge in [0, 0.05) is 23.5 Å². The van der Waals surface area contributed by atoms with E-state index in [2.05, 4.69) is 0 Å². The van der Waals surface area contributed by atoms with E-state index in [0.29, 0.717) is 17.4 Å². The van der Waals surface area contributed by atoms with Gasteiger partial charge in [-0.1, -0.05) is 24.4 Å². The van der Waals surface area contributed by atoms with E-state index in [0.717, 1.165) is 25.7 Å². The molecule has 0 unspecified atom stereocenters. The lowest BCUT2D eigenvalue weighted by Crippen LogP contribution is -2.40. The van der Waals surface area contributed by atoms with Crippen molar-refractivity contribution < 1.29 is 9.18 Å². The van der Waals surface area contributed by atoms with Crippen LogP contribution in [0.15, 0.2) is 18.2 Å². The summed E-state index contributed by atoms with van der Waals surface area (Å²) in [5.74, 6) is -0.496. The predicted octanol–water partition coefficient (Wildman–Crippen LogP) is 4.10. The molecule has 104 valence electrons. The SMILES string of the molecule is O=C(c1cc(Cl)ccc1F)N(CCCl)C1CCCC1. The molecule has 0 atom stereocenters. The number of carbonyl (C=O) groups is 1. The number of hydrogen-bond acceptors (Lipinski definition) is 1. The second kappa shape index (κ2) is 6.58. The van der Waals surface area contributed by atoms with Gasteiger partial charge in [0.25, 0.3) is 5.91 Å². The Labute approximate surface area is 122 Å². The van der Waals surface area contributed by atoms with Gasteiger partial charge in [-0.25, -0.2) is 4.39 Å². The third-order valence-electron chi connectivity index (χ3n) is 3.51. The zero-order chi connectivity index (χ0) is 13.8. The summed E-state index contributed by atoms with van der Waals surface area (Å²) in [6.45, 7) is 0.441. The van der Waals surface area contributed by atoms with E-state index in [4.69, 9.17) is 23.2 Å². The smallest absolute Gasteiger partial charge is 0.257 e. The molecule has 19 heavy (non-hydrogen) atoms. The fourth-order valence-corrected chi connectivity index (χ4v) is 2.93. The minimum Gasteiger partial charge on any atom is -0.334 e. The van der Waals surface area contributed by atoms with Crippen molar-refractivity contribution in [3.8, 4) is 0 Å². The molecule has 1 saturated carbocycles. The Bertz CT molecular complexity index is 461. The molecule has 1 fully saturated rings. The van der Waals surface area contributed by atoms with Gasteiger partial charge in [0.2, 0.25) is 0 Å². The molecule has 1 aromatic rings. The number of halogens is 3. The molecule has 0 N–H and O–H groups in total. The highest BCUT2D eigenvalue weighted by molar-refractivity contribution is 6.31. The minimum atomic E-state index is -0.535. The quantitative estimate of drug-likeness (QED) is 0.767. The van der Waals surface area contributed by atoms with Gasteiger partial charge in [0.05, 0.1) is 5.56 Å². The van der Waals surface area contributed by atoms with E-state index >= 15 is 0 Å². The predicted molar refractivity (Wildman–Crippen MR) is 75.4 cm³/mol. The van der Waals surface area contributed by atoms with Gasteiger partial charge in [-0.15, -0.1) is 11.6 Å². The van der Waals surface area contributed by atoms with Crippen molar-refractivity contribution in [1.29, 1.82) is 0 Å². The van der Waals surface area contributed by atoms with E-state index in [-0.39, 0.29) is 17.5 Å². The number of rotatable bonds is 4. The van der Waals surface area contributed by atoms with E-state index in [1.54, 1.807) is 4.90 Å². The van der Waals surface area contributed by atoms with Crippen LogP contribution in [0.3, 0.4) is 0 Å². The fraction of sp³-hybridized carbons (Fsp3) is 0.500. The molecule has 0 saturated heterocycles. The van der Waals surface area contributed by atoms with Crippen molar-refractivity contribution in [3.05, 3.63) is 34.6 Å². The van der Waals surface area contributed by atoms with E-state index in [9.17, 15) is 9.18 Å². The van der Waals surface area contributed by atoms with Gasteiger partial charge in [-0.3, -0.25) is 4.79 Å². The molecule has 0 spiro atoms. The van der Waals surface area contributed by atoms with Crippen LogP contribution in [0.2, 0.25) is 5.02 Å². The maximum absolute atomic E-state index is 13.8. The van der Waals surface area contributed by atoms with Crippen LogP contribution >= 0.6 is 23.2 Å². The van der Waals surface area contributed by atoms with Crippen LogP contribution in [0.4, 0.5) is 4.39 Å². The summed E-state index contributed by atoms with van der Waals surface area (Å²) >= 11 is 11.6. The van der Waals surface area contributed by atoms with Crippen LogP contribution in [-0.4, -0.2) is 29.3 Å². The van der Waals surface area contributed by atoms with Crippen molar-refractivity contribution in [3.63, 3.8) is 0 Å². The second-order valence-electron chi connectivity index (χ2n) is 4.75. The third kappa shape index (κ3) is 3.40. The van der Waals surface area contributed by atoms with Crippen molar-refractivity contribution in [2.24, 2.45) is 0 Å². The monoisotopic (exact) mass is 303 g/mol. The lowest BCUT2D eigenvalue weighted by molar-refractivity contribution is 0.0690. The Hall–Kier alpha value is -0.800. The highest BCUT2D eigenvalue weighted by atomic mass is 35.5. The van der Waals surface area contributed by atoms with Crippen molar-refractivity contribution in [1.82, 2.24) is 4.90 Å². The molecule has 0 bridgehead atoms. The number of alkyl halides is 1. The van der Waals surface area contributed by atoms with E-state index in [1.165, 1.54) is 18.2 Å². The van der Waals surface area contributed by atoms with Crippen molar-refractivity contribution in [2.45, 2.75) is 31.7 Å². The summed E-state index contributed by atoms with van der Waals surface area (Å²) in [6.07, 6.45) is 4.14. The maximum Gasteiger partial charge on any atom is 0.257 e. The molecule has 0 aliphatic heterocycles. The summed E-state index contributed by atoms with van der Waals surface area (Å²) in [7, 11) is 0. The van der Waals surface area contributed by atoms with Crippen LogP contribution in [0.25, 0.3) is 0 Å².